The van der Waals surface area contributed by atoms with Gasteiger partial charge in [-0.3, -0.25) is 0 Å². The van der Waals surface area contributed by atoms with E-state index in [1.807, 2.05) is 42.5 Å². The summed E-state index contributed by atoms with van der Waals surface area (Å²) in [6.07, 6.45) is 1.85. The first-order valence-corrected chi connectivity index (χ1v) is 11.5. The van der Waals surface area contributed by atoms with Crippen molar-refractivity contribution in [3.63, 3.8) is 0 Å². The molecular formula is C24H24O2P+. The summed E-state index contributed by atoms with van der Waals surface area (Å²) in [4.78, 5) is 0. The second-order valence-electron chi connectivity index (χ2n) is 6.72. The number of phenols is 1. The zero-order chi connectivity index (χ0) is 18.9. The predicted molar refractivity (Wildman–Crippen MR) is 118 cm³/mol. The highest BCUT2D eigenvalue weighted by Crippen LogP contribution is 2.60. The molecule has 0 aliphatic heterocycles. The SMILES string of the molecule is CC[P+](CC)(Oc1c(O)c2ccccc2c2ccccc12)c1ccccc1. The van der Waals surface area contributed by atoms with Gasteiger partial charge in [0.2, 0.25) is 13.2 Å². The minimum Gasteiger partial charge on any atom is -0.504 e. The van der Waals surface area contributed by atoms with Gasteiger partial charge in [0.1, 0.15) is 5.30 Å². The van der Waals surface area contributed by atoms with E-state index in [2.05, 4.69) is 50.2 Å². The number of hydrogen-bond donors (Lipinski definition) is 1. The summed E-state index contributed by atoms with van der Waals surface area (Å²) in [5.41, 5.74) is 0. The Kier molecular flexibility index (Phi) is 4.76. The lowest BCUT2D eigenvalue weighted by Crippen LogP contribution is -2.20. The molecule has 0 spiro atoms. The highest BCUT2D eigenvalue weighted by atomic mass is 31.2. The van der Waals surface area contributed by atoms with Gasteiger partial charge < -0.3 is 9.63 Å². The number of phenolic OH excluding ortho intramolecular Hbond substituents is 1. The molecular weight excluding hydrogens is 351 g/mol. The highest BCUT2D eigenvalue weighted by molar-refractivity contribution is 7.78. The maximum atomic E-state index is 11.1. The second-order valence-corrected chi connectivity index (χ2v) is 10.5. The molecule has 0 radical (unpaired) electrons. The summed E-state index contributed by atoms with van der Waals surface area (Å²) in [7, 11) is -1.90. The van der Waals surface area contributed by atoms with Crippen molar-refractivity contribution in [1.82, 2.24) is 0 Å². The lowest BCUT2D eigenvalue weighted by Gasteiger charge is -2.25. The van der Waals surface area contributed by atoms with Crippen molar-refractivity contribution in [3.05, 3.63) is 78.9 Å². The molecule has 0 unspecified atom stereocenters. The van der Waals surface area contributed by atoms with Crippen molar-refractivity contribution in [2.45, 2.75) is 13.8 Å². The van der Waals surface area contributed by atoms with Crippen LogP contribution < -0.4 is 9.83 Å². The fraction of sp³-hybridized carbons (Fsp3) is 0.167. The Bertz CT molecular complexity index is 1090. The molecule has 0 heterocycles. The van der Waals surface area contributed by atoms with E-state index >= 15 is 0 Å². The monoisotopic (exact) mass is 375 g/mol. The summed E-state index contributed by atoms with van der Waals surface area (Å²) in [6, 6.07) is 26.6. The first-order valence-electron chi connectivity index (χ1n) is 9.45. The van der Waals surface area contributed by atoms with E-state index in [1.165, 1.54) is 5.30 Å². The van der Waals surface area contributed by atoms with Crippen LogP contribution in [0.5, 0.6) is 11.5 Å². The van der Waals surface area contributed by atoms with Crippen LogP contribution in [0.4, 0.5) is 0 Å². The zero-order valence-corrected chi connectivity index (χ0v) is 16.6. The molecule has 4 aromatic carbocycles. The number of aromatic hydroxyl groups is 1. The van der Waals surface area contributed by atoms with Crippen molar-refractivity contribution < 1.29 is 9.63 Å². The van der Waals surface area contributed by atoms with Gasteiger partial charge in [-0.25, -0.2) is 0 Å². The van der Waals surface area contributed by atoms with Gasteiger partial charge >= 0.3 is 0 Å². The third-order valence-electron chi connectivity index (χ3n) is 5.37. The summed E-state index contributed by atoms with van der Waals surface area (Å²) < 4.78 is 6.80. The molecule has 1 N–H and O–H groups in total. The minimum absolute atomic E-state index is 0.242. The fourth-order valence-corrected chi connectivity index (χ4v) is 6.62. The van der Waals surface area contributed by atoms with Gasteiger partial charge in [-0.1, -0.05) is 66.7 Å². The van der Waals surface area contributed by atoms with Crippen LogP contribution in [0, 0.1) is 0 Å². The molecule has 3 heteroatoms. The molecule has 0 aromatic heterocycles. The zero-order valence-electron chi connectivity index (χ0n) is 15.7. The Morgan fingerprint density at radius 3 is 1.74 bits per heavy atom. The van der Waals surface area contributed by atoms with Crippen LogP contribution in [0.1, 0.15) is 13.8 Å². The first-order chi connectivity index (χ1) is 13.2. The second kappa shape index (κ2) is 7.21. The number of rotatable bonds is 5. The topological polar surface area (TPSA) is 29.5 Å². The number of hydrogen-bond acceptors (Lipinski definition) is 2. The maximum Gasteiger partial charge on any atom is 0.223 e. The van der Waals surface area contributed by atoms with Crippen molar-refractivity contribution in [2.24, 2.45) is 0 Å². The van der Waals surface area contributed by atoms with Crippen LogP contribution in [0.2, 0.25) is 0 Å². The van der Waals surface area contributed by atoms with Gasteiger partial charge in [0.15, 0.2) is 5.75 Å². The summed E-state index contributed by atoms with van der Waals surface area (Å²) >= 11 is 0. The van der Waals surface area contributed by atoms with Gasteiger partial charge in [-0.15, -0.1) is 0 Å². The maximum absolute atomic E-state index is 11.1. The van der Waals surface area contributed by atoms with E-state index in [-0.39, 0.29) is 5.75 Å². The van der Waals surface area contributed by atoms with E-state index in [1.54, 1.807) is 0 Å². The average Bonchev–Trinajstić information content (AvgIpc) is 2.75. The predicted octanol–water partition coefficient (Wildman–Crippen LogP) is 6.38. The molecule has 0 bridgehead atoms. The lowest BCUT2D eigenvalue weighted by atomic mass is 10.0. The Morgan fingerprint density at radius 2 is 1.15 bits per heavy atom. The average molecular weight is 375 g/mol. The van der Waals surface area contributed by atoms with Crippen LogP contribution in [0.3, 0.4) is 0 Å². The van der Waals surface area contributed by atoms with E-state index in [0.29, 0.717) is 5.75 Å². The molecule has 0 saturated carbocycles. The van der Waals surface area contributed by atoms with E-state index in [4.69, 9.17) is 4.52 Å². The van der Waals surface area contributed by atoms with Crippen LogP contribution in [0.15, 0.2) is 78.9 Å². The van der Waals surface area contributed by atoms with Crippen molar-refractivity contribution in [2.75, 3.05) is 12.3 Å². The third-order valence-corrected chi connectivity index (χ3v) is 9.19. The van der Waals surface area contributed by atoms with Crippen LogP contribution in [-0.2, 0) is 0 Å². The Balaban J connectivity index is 1.99. The largest absolute Gasteiger partial charge is 0.504 e. The molecule has 2 nitrogen and oxygen atoms in total. The Hall–Kier alpha value is -2.57. The molecule has 0 amide bonds. The van der Waals surface area contributed by atoms with Crippen LogP contribution >= 0.6 is 7.49 Å². The lowest BCUT2D eigenvalue weighted by molar-refractivity contribution is 0.453. The van der Waals surface area contributed by atoms with Crippen LogP contribution in [-0.4, -0.2) is 17.4 Å². The molecule has 0 atom stereocenters. The molecule has 0 aliphatic carbocycles. The summed E-state index contributed by atoms with van der Waals surface area (Å²) in [6.45, 7) is 4.37. The molecule has 0 aliphatic rings. The van der Waals surface area contributed by atoms with Crippen molar-refractivity contribution in [1.29, 1.82) is 0 Å². The molecule has 27 heavy (non-hydrogen) atoms. The summed E-state index contributed by atoms with van der Waals surface area (Å²) in [5, 5.41) is 16.4. The van der Waals surface area contributed by atoms with E-state index in [0.717, 1.165) is 33.9 Å². The minimum atomic E-state index is -1.90. The van der Waals surface area contributed by atoms with Gasteiger partial charge in [0.25, 0.3) is 0 Å². The Labute approximate surface area is 160 Å². The normalized spacial score (nSPS) is 11.8. The standard InChI is InChI=1S/C24H23O2P/c1-3-27(4-2,18-12-6-5-7-13-18)26-24-22-17-11-9-15-20(22)19-14-8-10-16-21(19)23(24)25/h5-17H,3-4H2,1-2H3/p+1. The smallest absolute Gasteiger partial charge is 0.223 e. The number of benzene rings is 4. The van der Waals surface area contributed by atoms with Crippen LogP contribution in [0.25, 0.3) is 21.5 Å². The van der Waals surface area contributed by atoms with Gasteiger partial charge in [-0.2, -0.15) is 0 Å². The molecule has 4 rings (SSSR count). The summed E-state index contributed by atoms with van der Waals surface area (Å²) in [5.74, 6) is 0.858. The van der Waals surface area contributed by atoms with Crippen molar-refractivity contribution >= 4 is 34.3 Å². The van der Waals surface area contributed by atoms with E-state index in [9.17, 15) is 5.11 Å². The van der Waals surface area contributed by atoms with Crippen molar-refractivity contribution in [3.8, 4) is 11.5 Å². The van der Waals surface area contributed by atoms with Gasteiger partial charge in [0.05, 0.1) is 12.3 Å². The number of fused-ring (bicyclic) bond motifs is 3. The van der Waals surface area contributed by atoms with Gasteiger partial charge in [0, 0.05) is 10.8 Å². The molecule has 136 valence electrons. The molecule has 0 fully saturated rings. The highest BCUT2D eigenvalue weighted by Gasteiger charge is 2.41. The quantitative estimate of drug-likeness (QED) is 0.324. The Morgan fingerprint density at radius 1 is 0.667 bits per heavy atom. The first kappa shape index (κ1) is 17.8. The molecule has 4 aromatic rings. The van der Waals surface area contributed by atoms with E-state index < -0.39 is 7.49 Å². The fourth-order valence-electron chi connectivity index (χ4n) is 3.83. The molecule has 0 saturated heterocycles. The van der Waals surface area contributed by atoms with Gasteiger partial charge in [-0.05, 0) is 36.8 Å². The third kappa shape index (κ3) is 2.95.